The molecule has 0 bridgehead atoms. The number of alkyl carbamates (subject to hydrolysis) is 1. The molecule has 238 valence electrons. The quantitative estimate of drug-likeness (QED) is 0.180. The van der Waals surface area contributed by atoms with Crippen LogP contribution in [0, 0.1) is 20.8 Å². The summed E-state index contributed by atoms with van der Waals surface area (Å²) in [5.74, 6) is 0.0429. The van der Waals surface area contributed by atoms with Crippen LogP contribution in [0.2, 0.25) is 0 Å². The number of para-hydroxylation sites is 1. The summed E-state index contributed by atoms with van der Waals surface area (Å²) < 4.78 is 5.50. The lowest BCUT2D eigenvalue weighted by molar-refractivity contribution is -0.141. The Morgan fingerprint density at radius 2 is 1.63 bits per heavy atom. The van der Waals surface area contributed by atoms with E-state index in [-0.39, 0.29) is 17.6 Å². The number of phenols is 1. The Kier molecular flexibility index (Phi) is 14.4. The number of carbonyl (C=O) groups excluding carboxylic acids is 3. The maximum Gasteiger partial charge on any atom is 0.408 e. The number of thioether (sulfide) groups is 1. The fourth-order valence-corrected chi connectivity index (χ4v) is 5.39. The second-order valence-electron chi connectivity index (χ2n) is 12.1. The Morgan fingerprint density at radius 1 is 0.977 bits per heavy atom. The number of rotatable bonds is 15. The Bertz CT molecular complexity index is 1210. The summed E-state index contributed by atoms with van der Waals surface area (Å²) in [5, 5.41) is 16.2. The Labute approximate surface area is 262 Å². The number of nitrogens with one attached hydrogen (secondary N) is 2. The second-order valence-corrected chi connectivity index (χ2v) is 13.1. The minimum absolute atomic E-state index is 0.111. The number of amides is 3. The molecule has 2 unspecified atom stereocenters. The van der Waals surface area contributed by atoms with Crippen molar-refractivity contribution in [2.75, 3.05) is 23.9 Å². The molecule has 0 spiro atoms. The van der Waals surface area contributed by atoms with Gasteiger partial charge in [-0.05, 0) is 101 Å². The van der Waals surface area contributed by atoms with Gasteiger partial charge in [-0.1, -0.05) is 56.9 Å². The van der Waals surface area contributed by atoms with E-state index in [0.717, 1.165) is 36.8 Å². The van der Waals surface area contributed by atoms with Gasteiger partial charge < -0.3 is 25.4 Å². The third kappa shape index (κ3) is 11.4. The zero-order chi connectivity index (χ0) is 32.2. The Hall–Kier alpha value is -3.20. The van der Waals surface area contributed by atoms with Crippen LogP contribution in [-0.2, 0) is 14.3 Å². The minimum atomic E-state index is -0.991. The summed E-state index contributed by atoms with van der Waals surface area (Å²) in [5.41, 5.74) is 2.99. The van der Waals surface area contributed by atoms with Crippen molar-refractivity contribution < 1.29 is 24.2 Å². The van der Waals surface area contributed by atoms with Crippen LogP contribution in [0.3, 0.4) is 0 Å². The summed E-state index contributed by atoms with van der Waals surface area (Å²) >= 11 is 1.58. The van der Waals surface area contributed by atoms with Crippen molar-refractivity contribution in [3.8, 4) is 5.75 Å². The van der Waals surface area contributed by atoms with Gasteiger partial charge in [0.1, 0.15) is 23.4 Å². The second kappa shape index (κ2) is 17.2. The van der Waals surface area contributed by atoms with Gasteiger partial charge in [0.15, 0.2) is 0 Å². The molecule has 0 aliphatic heterocycles. The highest BCUT2D eigenvalue weighted by molar-refractivity contribution is 7.98. The first-order valence-electron chi connectivity index (χ1n) is 15.2. The van der Waals surface area contributed by atoms with E-state index in [1.54, 1.807) is 62.6 Å². The lowest BCUT2D eigenvalue weighted by Gasteiger charge is -2.35. The van der Waals surface area contributed by atoms with Gasteiger partial charge in [-0.2, -0.15) is 11.8 Å². The van der Waals surface area contributed by atoms with E-state index in [2.05, 4.69) is 17.6 Å². The van der Waals surface area contributed by atoms with Crippen LogP contribution in [0.25, 0.3) is 0 Å². The highest BCUT2D eigenvalue weighted by Gasteiger charge is 2.36. The molecule has 0 aliphatic carbocycles. The summed E-state index contributed by atoms with van der Waals surface area (Å²) in [6.45, 7) is 13.4. The van der Waals surface area contributed by atoms with Gasteiger partial charge in [-0.3, -0.25) is 9.59 Å². The maximum absolute atomic E-state index is 14.4. The first-order valence-corrected chi connectivity index (χ1v) is 16.6. The largest absolute Gasteiger partial charge is 0.508 e. The van der Waals surface area contributed by atoms with E-state index in [4.69, 9.17) is 4.74 Å². The van der Waals surface area contributed by atoms with Crippen molar-refractivity contribution in [2.45, 2.75) is 105 Å². The molecule has 2 rings (SSSR count). The number of hydrogen-bond donors (Lipinski definition) is 3. The summed E-state index contributed by atoms with van der Waals surface area (Å²) in [7, 11) is 0. The first-order chi connectivity index (χ1) is 20.3. The van der Waals surface area contributed by atoms with Crippen LogP contribution in [0.15, 0.2) is 36.4 Å². The van der Waals surface area contributed by atoms with Gasteiger partial charge in [-0.15, -0.1) is 0 Å². The van der Waals surface area contributed by atoms with Crippen LogP contribution in [-0.4, -0.2) is 58.1 Å². The number of aryl methyl sites for hydroxylation is 3. The summed E-state index contributed by atoms with van der Waals surface area (Å²) in [6.07, 6.45) is 6.48. The monoisotopic (exact) mass is 613 g/mol. The highest BCUT2D eigenvalue weighted by atomic mass is 32.2. The van der Waals surface area contributed by atoms with Crippen molar-refractivity contribution in [1.29, 1.82) is 0 Å². The van der Waals surface area contributed by atoms with Crippen LogP contribution >= 0.6 is 11.8 Å². The molecule has 0 aromatic heterocycles. The van der Waals surface area contributed by atoms with E-state index < -0.39 is 23.8 Å². The Balaban J connectivity index is 2.60. The molecule has 43 heavy (non-hydrogen) atoms. The van der Waals surface area contributed by atoms with Crippen LogP contribution in [0.5, 0.6) is 5.75 Å². The van der Waals surface area contributed by atoms with Crippen LogP contribution in [0.4, 0.5) is 10.5 Å². The number of carbonyl (C=O) groups is 3. The molecule has 2 atom stereocenters. The fourth-order valence-electron chi connectivity index (χ4n) is 4.92. The van der Waals surface area contributed by atoms with Gasteiger partial charge in [0, 0.05) is 12.2 Å². The van der Waals surface area contributed by atoms with Gasteiger partial charge in [-0.25, -0.2) is 4.79 Å². The number of phenolic OH excluding ortho intramolecular Hbond substituents is 1. The average Bonchev–Trinajstić information content (AvgIpc) is 2.92. The van der Waals surface area contributed by atoms with Crippen molar-refractivity contribution >= 4 is 35.4 Å². The SMILES string of the molecule is CCCCCCCN(C(=O)C(CCSC)NC(=O)OC(C)(C)C)C(C(=O)Nc1c(C)cccc1C)c1ccc(O)c(C)c1. The van der Waals surface area contributed by atoms with E-state index in [0.29, 0.717) is 42.0 Å². The van der Waals surface area contributed by atoms with Gasteiger partial charge >= 0.3 is 6.09 Å². The van der Waals surface area contributed by atoms with E-state index in [1.165, 1.54) is 0 Å². The number of ether oxygens (including phenoxy) is 1. The van der Waals surface area contributed by atoms with Gasteiger partial charge in [0.05, 0.1) is 0 Å². The molecule has 0 saturated carbocycles. The highest BCUT2D eigenvalue weighted by Crippen LogP contribution is 2.30. The van der Waals surface area contributed by atoms with Crippen molar-refractivity contribution in [2.24, 2.45) is 0 Å². The smallest absolute Gasteiger partial charge is 0.408 e. The maximum atomic E-state index is 14.4. The molecule has 3 N–H and O–H groups in total. The summed E-state index contributed by atoms with van der Waals surface area (Å²) in [4.78, 5) is 43.1. The first kappa shape index (κ1) is 36.0. The third-order valence-corrected chi connectivity index (χ3v) is 7.86. The van der Waals surface area contributed by atoms with Crippen molar-refractivity contribution in [3.63, 3.8) is 0 Å². The van der Waals surface area contributed by atoms with Crippen molar-refractivity contribution in [3.05, 3.63) is 58.7 Å². The predicted octanol–water partition coefficient (Wildman–Crippen LogP) is 7.44. The molecule has 9 heteroatoms. The van der Waals surface area contributed by atoms with Crippen LogP contribution in [0.1, 0.15) is 94.5 Å². The molecule has 3 amide bonds. The molecular weight excluding hydrogens is 562 g/mol. The molecule has 2 aromatic rings. The molecule has 8 nitrogen and oxygen atoms in total. The van der Waals surface area contributed by atoms with Crippen molar-refractivity contribution in [1.82, 2.24) is 10.2 Å². The Morgan fingerprint density at radius 3 is 2.21 bits per heavy atom. The average molecular weight is 614 g/mol. The molecule has 0 saturated heterocycles. The number of nitrogens with zero attached hydrogens (tertiary/aromatic N) is 1. The van der Waals surface area contributed by atoms with Gasteiger partial charge in [0.25, 0.3) is 5.91 Å². The number of benzene rings is 2. The number of unbranched alkanes of at least 4 members (excludes halogenated alkanes) is 4. The lowest BCUT2D eigenvalue weighted by atomic mass is 9.98. The minimum Gasteiger partial charge on any atom is -0.508 e. The molecule has 0 radical (unpaired) electrons. The van der Waals surface area contributed by atoms with Gasteiger partial charge in [0.2, 0.25) is 5.91 Å². The molecule has 0 fully saturated rings. The standard InChI is InChI=1S/C34H51N3O5S/c1-9-10-11-12-13-20-37(32(40)27(19-21-43-8)35-33(41)42-34(5,6)7)30(26-17-18-28(38)25(4)22-26)31(39)36-29-23(2)15-14-16-24(29)3/h14-18,22,27,30,38H,9-13,19-21H2,1-8H3,(H,35,41)(H,36,39). The number of aromatic hydroxyl groups is 1. The summed E-state index contributed by atoms with van der Waals surface area (Å²) in [6, 6.07) is 8.92. The molecule has 0 aliphatic rings. The van der Waals surface area contributed by atoms with E-state index >= 15 is 0 Å². The number of hydrogen-bond acceptors (Lipinski definition) is 6. The van der Waals surface area contributed by atoms with E-state index in [9.17, 15) is 19.5 Å². The zero-order valence-electron chi connectivity index (χ0n) is 27.2. The zero-order valence-corrected chi connectivity index (χ0v) is 28.0. The fraction of sp³-hybridized carbons (Fsp3) is 0.559. The van der Waals surface area contributed by atoms with E-state index in [1.807, 2.05) is 38.3 Å². The van der Waals surface area contributed by atoms with Crippen LogP contribution < -0.4 is 10.6 Å². The molecule has 2 aromatic carbocycles. The number of anilines is 1. The lowest BCUT2D eigenvalue weighted by Crippen LogP contribution is -2.53. The topological polar surface area (TPSA) is 108 Å². The normalized spacial score (nSPS) is 12.7. The third-order valence-electron chi connectivity index (χ3n) is 7.21. The predicted molar refractivity (Wildman–Crippen MR) is 177 cm³/mol. The molecular formula is C34H51N3O5S. The molecule has 0 heterocycles.